The molecule has 0 bridgehead atoms. The second kappa shape index (κ2) is 13.4. The molecule has 0 radical (unpaired) electrons. The Morgan fingerprint density at radius 2 is 0.871 bits per heavy atom. The molecule has 2 aliphatic rings. The Bertz CT molecular complexity index is 3490. The molecular formula is C59H37N3. The number of rotatable bonds is 4. The molecule has 2 heterocycles. The number of para-hydroxylation sites is 2. The van der Waals surface area contributed by atoms with Gasteiger partial charge in [-0.05, 0) is 79.5 Å². The van der Waals surface area contributed by atoms with E-state index in [-0.39, 0.29) is 0 Å². The molecular weight excluding hydrogens is 751 g/mol. The van der Waals surface area contributed by atoms with Gasteiger partial charge in [0.15, 0.2) is 5.82 Å². The predicted octanol–water partition coefficient (Wildman–Crippen LogP) is 15.1. The van der Waals surface area contributed by atoms with E-state index in [1.807, 2.05) is 12.1 Å². The molecule has 0 atom stereocenters. The third-order valence-corrected chi connectivity index (χ3v) is 13.2. The van der Waals surface area contributed by atoms with Crippen molar-refractivity contribution in [3.8, 4) is 44.9 Å². The molecule has 1 aliphatic carbocycles. The number of hydrogen-bond donors (Lipinski definition) is 0. The Morgan fingerprint density at radius 3 is 1.58 bits per heavy atom. The van der Waals surface area contributed by atoms with Gasteiger partial charge >= 0.3 is 0 Å². The quantitative estimate of drug-likeness (QED) is 0.178. The van der Waals surface area contributed by atoms with Gasteiger partial charge in [0.1, 0.15) is 0 Å². The fourth-order valence-electron chi connectivity index (χ4n) is 10.6. The molecule has 62 heavy (non-hydrogen) atoms. The molecule has 3 heteroatoms. The van der Waals surface area contributed by atoms with Crippen molar-refractivity contribution in [3.63, 3.8) is 0 Å². The Labute approximate surface area is 359 Å². The minimum absolute atomic E-state index is 0.567. The van der Waals surface area contributed by atoms with Gasteiger partial charge in [-0.25, -0.2) is 9.97 Å². The van der Waals surface area contributed by atoms with E-state index in [1.54, 1.807) is 0 Å². The topological polar surface area (TPSA) is 29.0 Å². The van der Waals surface area contributed by atoms with Crippen LogP contribution in [0.5, 0.6) is 0 Å². The first-order chi connectivity index (χ1) is 30.8. The minimum Gasteiger partial charge on any atom is -0.309 e. The highest BCUT2D eigenvalue weighted by Crippen LogP contribution is 2.65. The van der Waals surface area contributed by atoms with Gasteiger partial charge in [-0.2, -0.15) is 0 Å². The Balaban J connectivity index is 1.02. The Kier molecular flexibility index (Phi) is 7.52. The molecule has 11 aromatic rings. The van der Waals surface area contributed by atoms with Crippen molar-refractivity contribution in [1.29, 1.82) is 0 Å². The number of benzene rings is 10. The lowest BCUT2D eigenvalue weighted by atomic mass is 9.63. The molecule has 288 valence electrons. The van der Waals surface area contributed by atoms with Crippen LogP contribution in [-0.4, -0.2) is 9.97 Å². The van der Waals surface area contributed by atoms with Crippen molar-refractivity contribution in [2.24, 2.45) is 0 Å². The summed E-state index contributed by atoms with van der Waals surface area (Å²) in [7, 11) is 0. The molecule has 0 amide bonds. The van der Waals surface area contributed by atoms with Crippen molar-refractivity contribution in [1.82, 2.24) is 9.97 Å². The van der Waals surface area contributed by atoms with Crippen LogP contribution >= 0.6 is 0 Å². The van der Waals surface area contributed by atoms with Crippen LogP contribution in [0.15, 0.2) is 224 Å². The summed E-state index contributed by atoms with van der Waals surface area (Å²) in [5.41, 5.74) is 17.0. The van der Waals surface area contributed by atoms with Crippen molar-refractivity contribution in [3.05, 3.63) is 247 Å². The van der Waals surface area contributed by atoms with Crippen LogP contribution in [0.3, 0.4) is 0 Å². The summed E-state index contributed by atoms with van der Waals surface area (Å²) < 4.78 is 0. The summed E-state index contributed by atoms with van der Waals surface area (Å²) in [6.07, 6.45) is 0. The lowest BCUT2D eigenvalue weighted by Gasteiger charge is -2.46. The average molecular weight is 788 g/mol. The number of fused-ring (bicyclic) bond motifs is 14. The summed E-state index contributed by atoms with van der Waals surface area (Å²) >= 11 is 0. The fraction of sp³-hybridized carbons (Fsp3) is 0.0169. The first kappa shape index (κ1) is 34.7. The van der Waals surface area contributed by atoms with Gasteiger partial charge in [0.2, 0.25) is 0 Å². The summed E-state index contributed by atoms with van der Waals surface area (Å²) in [5, 5.41) is 5.97. The standard InChI is InChI=1S/C59H37N3/c1-3-17-41(18-4-1)55-48-24-12-14-26-54(48)60-58(61-55)42-29-27-38(28-30-42)43-33-34-51-49(37-43)47-23-11-13-25-50(47)59(51)52-35-31-39-15-7-9-21-45(39)56(52)62(44-19-5-2-6-20-44)57-46-22-10-8-16-40(46)32-36-53(57)59/h1-37H. The van der Waals surface area contributed by atoms with E-state index < -0.39 is 5.41 Å². The molecule has 13 rings (SSSR count). The highest BCUT2D eigenvalue weighted by atomic mass is 15.2. The van der Waals surface area contributed by atoms with E-state index in [0.717, 1.165) is 44.8 Å². The van der Waals surface area contributed by atoms with E-state index >= 15 is 0 Å². The van der Waals surface area contributed by atoms with Crippen molar-refractivity contribution in [2.45, 2.75) is 5.41 Å². The van der Waals surface area contributed by atoms with Crippen LogP contribution in [0.1, 0.15) is 22.3 Å². The summed E-state index contributed by atoms with van der Waals surface area (Å²) in [4.78, 5) is 12.7. The maximum Gasteiger partial charge on any atom is 0.160 e. The second-order valence-corrected chi connectivity index (χ2v) is 16.4. The van der Waals surface area contributed by atoms with Crippen LogP contribution in [0.25, 0.3) is 77.3 Å². The van der Waals surface area contributed by atoms with Crippen molar-refractivity contribution < 1.29 is 0 Å². The van der Waals surface area contributed by atoms with E-state index in [9.17, 15) is 0 Å². The van der Waals surface area contributed by atoms with Gasteiger partial charge in [-0.3, -0.25) is 0 Å². The van der Waals surface area contributed by atoms with Crippen LogP contribution in [0, 0.1) is 0 Å². The van der Waals surface area contributed by atoms with E-state index in [2.05, 4.69) is 217 Å². The number of nitrogens with zero attached hydrogens (tertiary/aromatic N) is 3. The summed E-state index contributed by atoms with van der Waals surface area (Å²) in [6, 6.07) is 81.8. The van der Waals surface area contributed by atoms with Gasteiger partial charge in [0.05, 0.1) is 28.0 Å². The van der Waals surface area contributed by atoms with Crippen LogP contribution in [0.4, 0.5) is 17.1 Å². The van der Waals surface area contributed by atoms with Crippen LogP contribution < -0.4 is 4.90 Å². The van der Waals surface area contributed by atoms with Crippen LogP contribution in [-0.2, 0) is 5.41 Å². The maximum atomic E-state index is 5.15. The minimum atomic E-state index is -0.567. The molecule has 0 fully saturated rings. The molecule has 0 N–H and O–H groups in total. The monoisotopic (exact) mass is 787 g/mol. The third kappa shape index (κ3) is 4.94. The Hall–Kier alpha value is -8.14. The van der Waals surface area contributed by atoms with E-state index in [0.29, 0.717) is 0 Å². The Morgan fingerprint density at radius 1 is 0.339 bits per heavy atom. The molecule has 10 aromatic carbocycles. The first-order valence-corrected chi connectivity index (χ1v) is 21.3. The molecule has 3 nitrogen and oxygen atoms in total. The SMILES string of the molecule is c1ccc(-c2nc(-c3ccc(-c4ccc5c(c4)-c4ccccc4C54c5ccc6ccccc6c5N(c5ccccc5)c5c4ccc4ccccc54)cc3)nc3ccccc23)cc1. The number of hydrogen-bond acceptors (Lipinski definition) is 3. The molecule has 0 saturated carbocycles. The molecule has 1 aliphatic heterocycles. The van der Waals surface area contributed by atoms with Gasteiger partial charge in [-0.15, -0.1) is 0 Å². The van der Waals surface area contributed by atoms with Gasteiger partial charge < -0.3 is 4.90 Å². The molecule has 1 spiro atoms. The highest BCUT2D eigenvalue weighted by Gasteiger charge is 2.52. The van der Waals surface area contributed by atoms with Gasteiger partial charge in [0, 0.05) is 33.0 Å². The van der Waals surface area contributed by atoms with Gasteiger partial charge in [-0.1, -0.05) is 200 Å². The number of aromatic nitrogens is 2. The first-order valence-electron chi connectivity index (χ1n) is 21.3. The number of anilines is 3. The zero-order valence-corrected chi connectivity index (χ0v) is 33.7. The molecule has 0 saturated heterocycles. The largest absolute Gasteiger partial charge is 0.309 e. The second-order valence-electron chi connectivity index (χ2n) is 16.4. The fourth-order valence-corrected chi connectivity index (χ4v) is 10.6. The zero-order chi connectivity index (χ0) is 40.8. The van der Waals surface area contributed by atoms with Crippen LogP contribution in [0.2, 0.25) is 0 Å². The summed E-state index contributed by atoms with van der Waals surface area (Å²) in [6.45, 7) is 0. The normalized spacial score (nSPS) is 13.3. The summed E-state index contributed by atoms with van der Waals surface area (Å²) in [5.74, 6) is 0.721. The smallest absolute Gasteiger partial charge is 0.160 e. The van der Waals surface area contributed by atoms with Crippen molar-refractivity contribution >= 4 is 49.5 Å². The van der Waals surface area contributed by atoms with E-state index in [1.165, 1.54) is 71.9 Å². The zero-order valence-electron chi connectivity index (χ0n) is 33.7. The lowest BCUT2D eigenvalue weighted by molar-refractivity contribution is 0.756. The maximum absolute atomic E-state index is 5.15. The highest BCUT2D eigenvalue weighted by molar-refractivity contribution is 6.12. The average Bonchev–Trinajstić information content (AvgIpc) is 3.64. The predicted molar refractivity (Wildman–Crippen MR) is 256 cm³/mol. The molecule has 1 aromatic heterocycles. The van der Waals surface area contributed by atoms with Gasteiger partial charge in [0.25, 0.3) is 0 Å². The lowest BCUT2D eigenvalue weighted by Crippen LogP contribution is -2.36. The van der Waals surface area contributed by atoms with E-state index in [4.69, 9.17) is 9.97 Å². The molecule has 0 unspecified atom stereocenters. The van der Waals surface area contributed by atoms with Crippen molar-refractivity contribution in [2.75, 3.05) is 4.90 Å². The third-order valence-electron chi connectivity index (χ3n) is 13.2.